The molecule has 0 amide bonds. The molecule has 0 saturated heterocycles. The van der Waals surface area contributed by atoms with Crippen LogP contribution in [0.25, 0.3) is 0 Å². The Labute approximate surface area is 90.5 Å². The Balaban J connectivity index is 2.73. The van der Waals surface area contributed by atoms with Gasteiger partial charge in [0.25, 0.3) is 0 Å². The van der Waals surface area contributed by atoms with Crippen molar-refractivity contribution in [1.82, 2.24) is 10.2 Å². The van der Waals surface area contributed by atoms with E-state index >= 15 is 0 Å². The van der Waals surface area contributed by atoms with E-state index in [-0.39, 0.29) is 0 Å². The Morgan fingerprint density at radius 1 is 1.36 bits per heavy atom. The van der Waals surface area contributed by atoms with Crippen molar-refractivity contribution in [2.45, 2.75) is 32.9 Å². The molecule has 0 unspecified atom stereocenters. The van der Waals surface area contributed by atoms with Gasteiger partial charge in [-0.05, 0) is 29.7 Å². The normalized spacial score (nSPS) is 11.7. The first-order valence-corrected chi connectivity index (χ1v) is 6.20. The summed E-state index contributed by atoms with van der Waals surface area (Å²) in [7, 11) is 0. The average Bonchev–Trinajstić information content (AvgIpc) is 2.02. The van der Waals surface area contributed by atoms with Gasteiger partial charge in [0.15, 0.2) is 0 Å². The fourth-order valence-corrected chi connectivity index (χ4v) is 1.82. The maximum Gasteiger partial charge on any atom is 0.0732 e. The molecule has 1 heterocycles. The van der Waals surface area contributed by atoms with Crippen LogP contribution in [0.4, 0.5) is 0 Å². The summed E-state index contributed by atoms with van der Waals surface area (Å²) in [4.78, 5) is 0. The standard InChI is InChI=1S/C11H18N2S/c1-11(2,3)6-9-5-10(8-14-4)13-12-7-9/h5,7H,6,8H2,1-4H3. The van der Waals surface area contributed by atoms with Gasteiger partial charge in [-0.2, -0.15) is 22.0 Å². The third-order valence-corrected chi connectivity index (χ3v) is 2.37. The van der Waals surface area contributed by atoms with E-state index < -0.39 is 0 Å². The zero-order chi connectivity index (χ0) is 10.6. The number of hydrogen-bond acceptors (Lipinski definition) is 3. The lowest BCUT2D eigenvalue weighted by Gasteiger charge is -2.17. The first kappa shape index (κ1) is 11.5. The monoisotopic (exact) mass is 210 g/mol. The fraction of sp³-hybridized carbons (Fsp3) is 0.636. The van der Waals surface area contributed by atoms with Gasteiger partial charge in [0.2, 0.25) is 0 Å². The third-order valence-electron chi connectivity index (χ3n) is 1.79. The Morgan fingerprint density at radius 2 is 2.07 bits per heavy atom. The first-order valence-electron chi connectivity index (χ1n) is 4.81. The van der Waals surface area contributed by atoms with E-state index in [0.717, 1.165) is 17.9 Å². The third kappa shape index (κ3) is 4.09. The summed E-state index contributed by atoms with van der Waals surface area (Å²) >= 11 is 1.78. The molecular formula is C11H18N2S. The van der Waals surface area contributed by atoms with Crippen LogP contribution in [0.3, 0.4) is 0 Å². The largest absolute Gasteiger partial charge is 0.159 e. The molecule has 0 fully saturated rings. The number of thioether (sulfide) groups is 1. The summed E-state index contributed by atoms with van der Waals surface area (Å²) in [5.41, 5.74) is 2.69. The Hall–Kier alpha value is -0.570. The molecular weight excluding hydrogens is 192 g/mol. The SMILES string of the molecule is CSCc1cc(CC(C)(C)C)cnn1. The van der Waals surface area contributed by atoms with Crippen molar-refractivity contribution in [3.05, 3.63) is 23.5 Å². The minimum absolute atomic E-state index is 0.319. The molecule has 14 heavy (non-hydrogen) atoms. The average molecular weight is 210 g/mol. The molecule has 0 aliphatic heterocycles. The molecule has 0 aliphatic carbocycles. The molecule has 0 bridgehead atoms. The Kier molecular flexibility index (Phi) is 3.93. The number of hydrogen-bond donors (Lipinski definition) is 0. The van der Waals surface area contributed by atoms with Crippen molar-refractivity contribution in [2.24, 2.45) is 5.41 Å². The second-order valence-electron chi connectivity index (χ2n) is 4.73. The minimum atomic E-state index is 0.319. The summed E-state index contributed by atoms with van der Waals surface area (Å²) < 4.78 is 0. The highest BCUT2D eigenvalue weighted by Gasteiger charge is 2.11. The molecule has 2 nitrogen and oxygen atoms in total. The van der Waals surface area contributed by atoms with E-state index in [2.05, 4.69) is 43.3 Å². The van der Waals surface area contributed by atoms with Crippen molar-refractivity contribution in [1.29, 1.82) is 0 Å². The van der Waals surface area contributed by atoms with Gasteiger partial charge in [-0.15, -0.1) is 0 Å². The summed E-state index contributed by atoms with van der Waals surface area (Å²) in [6.07, 6.45) is 5.01. The number of nitrogens with zero attached hydrogens (tertiary/aromatic N) is 2. The molecule has 0 radical (unpaired) electrons. The van der Waals surface area contributed by atoms with Crippen LogP contribution in [0.1, 0.15) is 32.0 Å². The van der Waals surface area contributed by atoms with Crippen LogP contribution < -0.4 is 0 Å². The van der Waals surface area contributed by atoms with Gasteiger partial charge in [0.05, 0.1) is 11.9 Å². The summed E-state index contributed by atoms with van der Waals surface area (Å²) in [6.45, 7) is 6.71. The van der Waals surface area contributed by atoms with Crippen molar-refractivity contribution in [3.63, 3.8) is 0 Å². The van der Waals surface area contributed by atoms with Crippen molar-refractivity contribution >= 4 is 11.8 Å². The van der Waals surface area contributed by atoms with Crippen molar-refractivity contribution in [2.75, 3.05) is 6.26 Å². The van der Waals surface area contributed by atoms with Crippen LogP contribution in [0.2, 0.25) is 0 Å². The summed E-state index contributed by atoms with van der Waals surface area (Å²) in [5, 5.41) is 8.11. The van der Waals surface area contributed by atoms with Crippen LogP contribution >= 0.6 is 11.8 Å². The highest BCUT2D eigenvalue weighted by molar-refractivity contribution is 7.97. The molecule has 0 spiro atoms. The number of rotatable bonds is 3. The Morgan fingerprint density at radius 3 is 2.64 bits per heavy atom. The zero-order valence-electron chi connectivity index (χ0n) is 9.37. The molecule has 0 aromatic carbocycles. The molecule has 1 rings (SSSR count). The van der Waals surface area contributed by atoms with Crippen molar-refractivity contribution in [3.8, 4) is 0 Å². The lowest BCUT2D eigenvalue weighted by molar-refractivity contribution is 0.410. The molecule has 78 valence electrons. The Bertz CT molecular complexity index is 292. The molecule has 1 aromatic heterocycles. The maximum absolute atomic E-state index is 4.09. The molecule has 1 aromatic rings. The topological polar surface area (TPSA) is 25.8 Å². The van der Waals surface area contributed by atoms with Crippen LogP contribution in [-0.4, -0.2) is 16.5 Å². The molecule has 0 N–H and O–H groups in total. The zero-order valence-corrected chi connectivity index (χ0v) is 10.2. The van der Waals surface area contributed by atoms with Gasteiger partial charge in [-0.3, -0.25) is 0 Å². The highest BCUT2D eigenvalue weighted by atomic mass is 32.2. The molecule has 3 heteroatoms. The van der Waals surface area contributed by atoms with E-state index in [9.17, 15) is 0 Å². The van der Waals surface area contributed by atoms with Gasteiger partial charge >= 0.3 is 0 Å². The summed E-state index contributed by atoms with van der Waals surface area (Å²) in [5.74, 6) is 0.949. The van der Waals surface area contributed by atoms with E-state index in [4.69, 9.17) is 0 Å². The summed E-state index contributed by atoms with van der Waals surface area (Å²) in [6, 6.07) is 2.16. The van der Waals surface area contributed by atoms with Crippen LogP contribution in [0.5, 0.6) is 0 Å². The van der Waals surface area contributed by atoms with E-state index in [0.29, 0.717) is 5.41 Å². The van der Waals surface area contributed by atoms with Gasteiger partial charge in [-0.1, -0.05) is 20.8 Å². The van der Waals surface area contributed by atoms with Gasteiger partial charge in [0.1, 0.15) is 0 Å². The lowest BCUT2D eigenvalue weighted by Crippen LogP contribution is -2.10. The molecule has 0 saturated carbocycles. The highest BCUT2D eigenvalue weighted by Crippen LogP contribution is 2.20. The molecule has 0 atom stereocenters. The quantitative estimate of drug-likeness (QED) is 0.767. The first-order chi connectivity index (χ1) is 6.51. The second-order valence-corrected chi connectivity index (χ2v) is 5.59. The predicted octanol–water partition coefficient (Wildman–Crippen LogP) is 2.93. The van der Waals surface area contributed by atoms with E-state index in [1.54, 1.807) is 11.8 Å². The van der Waals surface area contributed by atoms with Crippen molar-refractivity contribution < 1.29 is 0 Å². The predicted molar refractivity (Wildman–Crippen MR) is 62.4 cm³/mol. The van der Waals surface area contributed by atoms with Gasteiger partial charge in [0, 0.05) is 5.75 Å². The van der Waals surface area contributed by atoms with Crippen LogP contribution in [0.15, 0.2) is 12.3 Å². The second kappa shape index (κ2) is 4.78. The van der Waals surface area contributed by atoms with Crippen LogP contribution in [-0.2, 0) is 12.2 Å². The van der Waals surface area contributed by atoms with E-state index in [1.807, 2.05) is 6.20 Å². The van der Waals surface area contributed by atoms with Gasteiger partial charge < -0.3 is 0 Å². The minimum Gasteiger partial charge on any atom is -0.159 e. The van der Waals surface area contributed by atoms with Crippen LogP contribution in [0, 0.1) is 5.41 Å². The maximum atomic E-state index is 4.09. The van der Waals surface area contributed by atoms with Gasteiger partial charge in [-0.25, -0.2) is 0 Å². The van der Waals surface area contributed by atoms with E-state index in [1.165, 1.54) is 5.56 Å². The smallest absolute Gasteiger partial charge is 0.0732 e. The fourth-order valence-electron chi connectivity index (χ4n) is 1.38. The lowest BCUT2D eigenvalue weighted by atomic mass is 9.89. The number of aromatic nitrogens is 2. The molecule has 0 aliphatic rings.